The molecular formula is C26H35N5O4. The average Bonchev–Trinajstić information content (AvgIpc) is 2.83. The summed E-state index contributed by atoms with van der Waals surface area (Å²) < 4.78 is 6.05. The van der Waals surface area contributed by atoms with Gasteiger partial charge in [-0.25, -0.2) is 0 Å². The van der Waals surface area contributed by atoms with Crippen molar-refractivity contribution >= 4 is 23.5 Å². The van der Waals surface area contributed by atoms with E-state index in [9.17, 15) is 9.59 Å². The van der Waals surface area contributed by atoms with E-state index in [4.69, 9.17) is 21.3 Å². The number of carboxylic acid groups (broad SMARTS) is 1. The van der Waals surface area contributed by atoms with Crippen LogP contribution in [0.25, 0.3) is 0 Å². The topological polar surface area (TPSA) is 143 Å². The predicted molar refractivity (Wildman–Crippen MR) is 137 cm³/mol. The van der Waals surface area contributed by atoms with Gasteiger partial charge in [0, 0.05) is 36.4 Å². The fourth-order valence-corrected chi connectivity index (χ4v) is 4.04. The number of amides is 1. The number of aliphatic imine (C=N–C) groups is 1. The highest BCUT2D eigenvalue weighted by molar-refractivity contribution is 6.02. The van der Waals surface area contributed by atoms with Crippen LogP contribution in [0.5, 0.6) is 5.75 Å². The Morgan fingerprint density at radius 3 is 2.43 bits per heavy atom. The molecule has 3 rings (SSSR count). The lowest BCUT2D eigenvalue weighted by Gasteiger charge is -2.31. The molecule has 2 aromatic carbocycles. The second-order valence-electron chi connectivity index (χ2n) is 8.97. The molecule has 1 saturated heterocycles. The summed E-state index contributed by atoms with van der Waals surface area (Å²) in [6.45, 7) is 6.32. The third kappa shape index (κ3) is 7.45. The van der Waals surface area contributed by atoms with Crippen LogP contribution in [0.2, 0.25) is 0 Å². The number of carbonyl (C=O) groups excluding carboxylic acids is 1. The van der Waals surface area contributed by atoms with Gasteiger partial charge in [0.2, 0.25) is 0 Å². The van der Waals surface area contributed by atoms with Crippen LogP contribution in [0, 0.1) is 0 Å². The first-order chi connectivity index (χ1) is 16.7. The standard InChI is InChI=1S/C26H35N5O4/c1-17(2)35-23-8-6-7-22(31-13-4-3-5-14-31)20(23)16-29-26(28)30-24(32)19-11-9-18(10-12-19)15-21(27)25(33)34/h6-12,17,21H,3-5,13-16,27H2,1-2H3,(H,33,34)(H3,28,29,30,32)/t21-/m0/s1. The fourth-order valence-electron chi connectivity index (χ4n) is 4.04. The number of aliphatic carboxylic acids is 1. The number of piperidine rings is 1. The highest BCUT2D eigenvalue weighted by Crippen LogP contribution is 2.32. The van der Waals surface area contributed by atoms with Gasteiger partial charge in [0.25, 0.3) is 5.91 Å². The number of benzene rings is 2. The molecule has 0 aromatic heterocycles. The molecule has 1 aliphatic heterocycles. The van der Waals surface area contributed by atoms with Gasteiger partial charge in [-0.3, -0.25) is 9.59 Å². The van der Waals surface area contributed by atoms with Crippen LogP contribution in [0.15, 0.2) is 47.5 Å². The van der Waals surface area contributed by atoms with Crippen LogP contribution in [-0.2, 0) is 17.8 Å². The number of ether oxygens (including phenoxy) is 1. The summed E-state index contributed by atoms with van der Waals surface area (Å²) in [6, 6.07) is 11.5. The highest BCUT2D eigenvalue weighted by Gasteiger charge is 2.19. The Morgan fingerprint density at radius 1 is 1.11 bits per heavy atom. The van der Waals surface area contributed by atoms with Gasteiger partial charge in [0.15, 0.2) is 5.96 Å². The van der Waals surface area contributed by atoms with Crippen molar-refractivity contribution in [3.63, 3.8) is 0 Å². The van der Waals surface area contributed by atoms with Gasteiger partial charge in [-0.05, 0) is 69.4 Å². The van der Waals surface area contributed by atoms with Gasteiger partial charge in [0.1, 0.15) is 11.8 Å². The van der Waals surface area contributed by atoms with Crippen molar-refractivity contribution in [2.24, 2.45) is 16.5 Å². The molecular weight excluding hydrogens is 446 g/mol. The number of hydrogen-bond donors (Lipinski definition) is 4. The lowest BCUT2D eigenvalue weighted by molar-refractivity contribution is -0.138. The minimum Gasteiger partial charge on any atom is -0.491 e. The van der Waals surface area contributed by atoms with E-state index < -0.39 is 17.9 Å². The zero-order chi connectivity index (χ0) is 25.4. The van der Waals surface area contributed by atoms with E-state index in [0.29, 0.717) is 12.1 Å². The van der Waals surface area contributed by atoms with Crippen LogP contribution in [0.4, 0.5) is 5.69 Å². The van der Waals surface area contributed by atoms with E-state index in [1.165, 1.54) is 6.42 Å². The third-order valence-corrected chi connectivity index (χ3v) is 5.81. The maximum absolute atomic E-state index is 12.6. The molecule has 1 aliphatic rings. The second kappa shape index (κ2) is 12.2. The molecule has 35 heavy (non-hydrogen) atoms. The summed E-state index contributed by atoms with van der Waals surface area (Å²) in [4.78, 5) is 29.8. The summed E-state index contributed by atoms with van der Waals surface area (Å²) in [5.41, 5.74) is 14.8. The molecule has 0 radical (unpaired) electrons. The molecule has 1 heterocycles. The largest absolute Gasteiger partial charge is 0.491 e. The van der Waals surface area contributed by atoms with E-state index in [1.54, 1.807) is 24.3 Å². The SMILES string of the molecule is CC(C)Oc1cccc(N2CCCCC2)c1CN/C(N)=N/C(=O)c1ccc(C[C@H](N)C(=O)O)cc1. The van der Waals surface area contributed by atoms with Gasteiger partial charge in [-0.1, -0.05) is 18.2 Å². The van der Waals surface area contributed by atoms with Gasteiger partial charge < -0.3 is 31.5 Å². The molecule has 9 nitrogen and oxygen atoms in total. The van der Waals surface area contributed by atoms with Crippen molar-refractivity contribution in [2.45, 2.75) is 58.2 Å². The lowest BCUT2D eigenvalue weighted by atomic mass is 10.0. The van der Waals surface area contributed by atoms with Gasteiger partial charge in [0.05, 0.1) is 6.10 Å². The zero-order valence-corrected chi connectivity index (χ0v) is 20.4. The summed E-state index contributed by atoms with van der Waals surface area (Å²) in [5, 5.41) is 12.0. The quantitative estimate of drug-likeness (QED) is 0.316. The lowest BCUT2D eigenvalue weighted by Crippen LogP contribution is -2.34. The number of nitrogens with one attached hydrogen (secondary N) is 1. The van der Waals surface area contributed by atoms with E-state index in [1.807, 2.05) is 26.0 Å². The molecule has 2 aromatic rings. The zero-order valence-electron chi connectivity index (χ0n) is 20.4. The molecule has 0 aliphatic carbocycles. The molecule has 0 saturated carbocycles. The first-order valence-corrected chi connectivity index (χ1v) is 12.0. The first-order valence-electron chi connectivity index (χ1n) is 12.0. The second-order valence-corrected chi connectivity index (χ2v) is 8.97. The number of hydrogen-bond acceptors (Lipinski definition) is 5. The highest BCUT2D eigenvalue weighted by atomic mass is 16.5. The number of carbonyl (C=O) groups is 2. The van der Waals surface area contributed by atoms with Gasteiger partial charge in [-0.2, -0.15) is 4.99 Å². The number of rotatable bonds is 9. The number of carboxylic acids is 1. The van der Waals surface area contributed by atoms with Crippen molar-refractivity contribution in [1.29, 1.82) is 0 Å². The van der Waals surface area contributed by atoms with Crippen LogP contribution in [-0.4, -0.2) is 48.2 Å². The molecule has 6 N–H and O–H groups in total. The normalized spacial score (nSPS) is 15.1. The third-order valence-electron chi connectivity index (χ3n) is 5.81. The maximum Gasteiger partial charge on any atom is 0.320 e. The number of nitrogens with zero attached hydrogens (tertiary/aromatic N) is 2. The first kappa shape index (κ1) is 26.0. The summed E-state index contributed by atoms with van der Waals surface area (Å²) >= 11 is 0. The molecule has 1 atom stereocenters. The molecule has 188 valence electrons. The minimum atomic E-state index is -1.07. The Morgan fingerprint density at radius 2 is 1.80 bits per heavy atom. The summed E-state index contributed by atoms with van der Waals surface area (Å²) in [6.07, 6.45) is 3.74. The van der Waals surface area contributed by atoms with Gasteiger partial charge in [-0.15, -0.1) is 0 Å². The van der Waals surface area contributed by atoms with Crippen LogP contribution in [0.1, 0.15) is 54.6 Å². The van der Waals surface area contributed by atoms with Crippen molar-refractivity contribution in [3.05, 3.63) is 59.2 Å². The fraction of sp³-hybridized carbons (Fsp3) is 0.423. The van der Waals surface area contributed by atoms with Crippen LogP contribution >= 0.6 is 0 Å². The Kier molecular flexibility index (Phi) is 9.08. The van der Waals surface area contributed by atoms with Crippen molar-refractivity contribution in [2.75, 3.05) is 18.0 Å². The Bertz CT molecular complexity index is 1050. The predicted octanol–water partition coefficient (Wildman–Crippen LogP) is 2.66. The number of guanidine groups is 1. The van der Waals surface area contributed by atoms with Crippen molar-refractivity contribution in [3.8, 4) is 5.75 Å². The number of anilines is 1. The maximum atomic E-state index is 12.6. The smallest absolute Gasteiger partial charge is 0.320 e. The van der Waals surface area contributed by atoms with Gasteiger partial charge >= 0.3 is 5.97 Å². The molecule has 0 bridgehead atoms. The Hall–Kier alpha value is -3.59. The average molecular weight is 482 g/mol. The van der Waals surface area contributed by atoms with Crippen molar-refractivity contribution in [1.82, 2.24) is 5.32 Å². The molecule has 1 amide bonds. The molecule has 9 heteroatoms. The number of nitrogens with two attached hydrogens (primary N) is 2. The van der Waals surface area contributed by atoms with E-state index in [2.05, 4.69) is 21.3 Å². The minimum absolute atomic E-state index is 0.0101. The van der Waals surface area contributed by atoms with Crippen LogP contribution < -0.4 is 26.4 Å². The monoisotopic (exact) mass is 481 g/mol. The van der Waals surface area contributed by atoms with Crippen LogP contribution in [0.3, 0.4) is 0 Å². The van der Waals surface area contributed by atoms with E-state index in [-0.39, 0.29) is 18.5 Å². The van der Waals surface area contributed by atoms with Crippen molar-refractivity contribution < 1.29 is 19.4 Å². The molecule has 0 unspecified atom stereocenters. The van der Waals surface area contributed by atoms with E-state index in [0.717, 1.165) is 48.5 Å². The summed E-state index contributed by atoms with van der Waals surface area (Å²) in [7, 11) is 0. The Labute approximate surface area is 206 Å². The van der Waals surface area contributed by atoms with E-state index >= 15 is 0 Å². The summed E-state index contributed by atoms with van der Waals surface area (Å²) in [5.74, 6) is -0.773. The molecule has 0 spiro atoms. The molecule has 1 fully saturated rings. The Balaban J connectivity index is 1.71.